The van der Waals surface area contributed by atoms with Gasteiger partial charge in [0, 0.05) is 6.61 Å². The van der Waals surface area contributed by atoms with Crippen molar-refractivity contribution < 1.29 is 51.6 Å². The third-order valence-corrected chi connectivity index (χ3v) is 5.93. The number of aliphatic hydroxyl groups is 1. The molecule has 33 heavy (non-hydrogen) atoms. The molecule has 0 fully saturated rings. The van der Waals surface area contributed by atoms with Crippen molar-refractivity contribution in [3.8, 4) is 0 Å². The number of hydrogen-bond donors (Lipinski definition) is 1. The number of unbranched alkanes of at least 4 members (excludes halogenated alkanes) is 16. The number of rotatable bonds is 23. The van der Waals surface area contributed by atoms with Gasteiger partial charge in [0.15, 0.2) is 0 Å². The van der Waals surface area contributed by atoms with Crippen LogP contribution in [0.4, 0.5) is 0 Å². The molecule has 0 aliphatic carbocycles. The molecule has 1 radical (unpaired) electrons. The summed E-state index contributed by atoms with van der Waals surface area (Å²) in [6, 6.07) is 0.669. The monoisotopic (exact) mass is 544 g/mol. The summed E-state index contributed by atoms with van der Waals surface area (Å²) in [7, 11) is 0. The molecule has 0 saturated heterocycles. The maximum absolute atomic E-state index is 7.57. The quantitative estimate of drug-likeness (QED) is 0.153. The standard InChI is InChI=1S/C26H54N.C2H6O.2ClH.Ti/c1-4-7-10-13-16-18-21-24-26(23-20-17-14-11-8-5-2)27-25-22-19-15-12-9-6-3;1-2-3;;;/h26H,4-25H2,1-3H3;3H,2H2,1H3;2*1H;/q-1;;;;+3/p-2. The van der Waals surface area contributed by atoms with Crippen molar-refractivity contribution >= 4 is 0 Å². The smallest absolute Gasteiger partial charge is 1.00 e. The second-order valence-electron chi connectivity index (χ2n) is 9.11. The molecular weight excluding hydrogens is 485 g/mol. The van der Waals surface area contributed by atoms with Crippen LogP contribution >= 0.6 is 0 Å². The molecule has 0 bridgehead atoms. The van der Waals surface area contributed by atoms with Crippen LogP contribution in [0.5, 0.6) is 0 Å². The topological polar surface area (TPSA) is 34.3 Å². The van der Waals surface area contributed by atoms with E-state index in [0.29, 0.717) is 6.04 Å². The third kappa shape index (κ3) is 43.7. The summed E-state index contributed by atoms with van der Waals surface area (Å²) in [6.45, 7) is 9.96. The van der Waals surface area contributed by atoms with Crippen LogP contribution < -0.4 is 24.8 Å². The first-order valence-electron chi connectivity index (χ1n) is 14.0. The SMILES string of the molecule is CCCCCCCCCC(CCCCCCCC)[N-]CCCCCCCC.CCO.[Cl-].[Cl-].[Ti+3]. The first-order valence-corrected chi connectivity index (χ1v) is 14.0. The van der Waals surface area contributed by atoms with Crippen molar-refractivity contribution in [3.05, 3.63) is 5.32 Å². The van der Waals surface area contributed by atoms with Crippen LogP contribution in [0.25, 0.3) is 5.32 Å². The van der Waals surface area contributed by atoms with Crippen molar-refractivity contribution in [2.75, 3.05) is 13.2 Å². The van der Waals surface area contributed by atoms with Crippen LogP contribution in [-0.2, 0) is 21.7 Å². The number of aliphatic hydroxyl groups excluding tert-OH is 1. The molecule has 0 aliphatic rings. The number of nitrogens with zero attached hydrogens (tertiary/aromatic N) is 1. The molecule has 201 valence electrons. The molecular formula is C28H60Cl2NOTi. The van der Waals surface area contributed by atoms with Gasteiger partial charge in [-0.3, -0.25) is 0 Å². The zero-order chi connectivity index (χ0) is 22.5. The molecule has 1 N–H and O–H groups in total. The van der Waals surface area contributed by atoms with E-state index in [0.717, 1.165) is 6.54 Å². The summed E-state index contributed by atoms with van der Waals surface area (Å²) < 4.78 is 0. The molecule has 1 unspecified atom stereocenters. The Bertz CT molecular complexity index is 269. The molecule has 0 saturated carbocycles. The minimum atomic E-state index is 0. The molecule has 0 aromatic heterocycles. The Labute approximate surface area is 237 Å². The van der Waals surface area contributed by atoms with E-state index in [4.69, 9.17) is 10.4 Å². The predicted molar refractivity (Wildman–Crippen MR) is 139 cm³/mol. The minimum Gasteiger partial charge on any atom is -1.00 e. The largest absolute Gasteiger partial charge is 3.00 e. The van der Waals surface area contributed by atoms with Crippen molar-refractivity contribution in [2.24, 2.45) is 0 Å². The van der Waals surface area contributed by atoms with Crippen LogP contribution in [0.15, 0.2) is 0 Å². The van der Waals surface area contributed by atoms with E-state index in [1.54, 1.807) is 6.92 Å². The van der Waals surface area contributed by atoms with Gasteiger partial charge in [-0.15, -0.1) is 12.6 Å². The molecule has 1 atom stereocenters. The van der Waals surface area contributed by atoms with Gasteiger partial charge >= 0.3 is 21.7 Å². The van der Waals surface area contributed by atoms with Gasteiger partial charge in [-0.05, 0) is 6.92 Å². The van der Waals surface area contributed by atoms with E-state index >= 15 is 0 Å². The van der Waals surface area contributed by atoms with Crippen LogP contribution in [0.1, 0.15) is 163 Å². The Hall–Kier alpha value is 1.21. The van der Waals surface area contributed by atoms with Gasteiger partial charge in [0.05, 0.1) is 0 Å². The summed E-state index contributed by atoms with van der Waals surface area (Å²) >= 11 is 0. The zero-order valence-electron chi connectivity index (χ0n) is 23.0. The zero-order valence-corrected chi connectivity index (χ0v) is 26.1. The summed E-state index contributed by atoms with van der Waals surface area (Å²) in [5.41, 5.74) is 0. The van der Waals surface area contributed by atoms with E-state index in [-0.39, 0.29) is 53.1 Å². The molecule has 0 aromatic rings. The van der Waals surface area contributed by atoms with Crippen molar-refractivity contribution in [1.82, 2.24) is 0 Å². The second-order valence-corrected chi connectivity index (χ2v) is 9.11. The van der Waals surface area contributed by atoms with Gasteiger partial charge in [-0.2, -0.15) is 0 Å². The summed E-state index contributed by atoms with van der Waals surface area (Å²) in [4.78, 5) is 0. The van der Waals surface area contributed by atoms with Crippen LogP contribution in [0.2, 0.25) is 0 Å². The molecule has 0 aromatic carbocycles. The summed E-state index contributed by atoms with van der Waals surface area (Å²) in [5.74, 6) is 0. The minimum absolute atomic E-state index is 0. The molecule has 0 amide bonds. The molecule has 0 spiro atoms. The molecule has 5 heteroatoms. The fourth-order valence-corrected chi connectivity index (χ4v) is 3.99. The Morgan fingerprint density at radius 1 is 0.485 bits per heavy atom. The summed E-state index contributed by atoms with van der Waals surface area (Å²) in [5, 5.41) is 12.7. The molecule has 0 heterocycles. The fraction of sp³-hybridized carbons (Fsp3) is 1.00. The van der Waals surface area contributed by atoms with E-state index in [2.05, 4.69) is 20.8 Å². The first kappa shape index (κ1) is 44.2. The fourth-order valence-electron chi connectivity index (χ4n) is 3.99. The number of halogens is 2. The maximum atomic E-state index is 7.57. The van der Waals surface area contributed by atoms with Crippen molar-refractivity contribution in [3.63, 3.8) is 0 Å². The Balaban J connectivity index is -0.000000411. The van der Waals surface area contributed by atoms with Gasteiger partial charge in [0.25, 0.3) is 0 Å². The van der Waals surface area contributed by atoms with Gasteiger partial charge in [0.2, 0.25) is 0 Å². The van der Waals surface area contributed by atoms with Gasteiger partial charge < -0.3 is 35.2 Å². The van der Waals surface area contributed by atoms with Crippen molar-refractivity contribution in [2.45, 2.75) is 169 Å². The van der Waals surface area contributed by atoms with Gasteiger partial charge in [-0.1, -0.05) is 156 Å². The molecule has 2 nitrogen and oxygen atoms in total. The van der Waals surface area contributed by atoms with Gasteiger partial charge in [0.1, 0.15) is 0 Å². The molecule has 0 aliphatic heterocycles. The first-order chi connectivity index (χ1) is 14.8. The van der Waals surface area contributed by atoms with Gasteiger partial charge in [-0.25, -0.2) is 0 Å². The summed E-state index contributed by atoms with van der Waals surface area (Å²) in [6.07, 6.45) is 29.5. The third-order valence-electron chi connectivity index (χ3n) is 5.93. The maximum Gasteiger partial charge on any atom is 3.00 e. The average molecular weight is 546 g/mol. The average Bonchev–Trinajstić information content (AvgIpc) is 2.74. The Kier molecular flexibility index (Phi) is 58.0. The van der Waals surface area contributed by atoms with Crippen LogP contribution in [-0.4, -0.2) is 24.3 Å². The van der Waals surface area contributed by atoms with E-state index in [9.17, 15) is 0 Å². The van der Waals surface area contributed by atoms with Crippen LogP contribution in [0, 0.1) is 0 Å². The molecule has 0 rings (SSSR count). The Morgan fingerprint density at radius 3 is 1.09 bits per heavy atom. The van der Waals surface area contributed by atoms with E-state index < -0.39 is 0 Å². The normalized spacial score (nSPS) is 10.8. The van der Waals surface area contributed by atoms with E-state index in [1.165, 1.54) is 135 Å². The van der Waals surface area contributed by atoms with Crippen molar-refractivity contribution in [1.29, 1.82) is 0 Å². The predicted octanol–water partition coefficient (Wildman–Crippen LogP) is 3.98. The number of hydrogen-bond acceptors (Lipinski definition) is 1. The second kappa shape index (κ2) is 43.3. The van der Waals surface area contributed by atoms with E-state index in [1.807, 2.05) is 0 Å². The van der Waals surface area contributed by atoms with Crippen LogP contribution in [0.3, 0.4) is 0 Å². The Morgan fingerprint density at radius 2 is 0.758 bits per heavy atom.